The standard InChI is InChI=1S/C21H21N7/c1-27(2)20-9-8-16(11-23-20)19-10-17(15-6-4-3-5-7-15)18-12-28(25-13-22)14-24-21(18)26-19/h3-11,13-14H,12H2,1-2H3,(H2,22,25). The van der Waals surface area contributed by atoms with Crippen molar-refractivity contribution < 1.29 is 0 Å². The Morgan fingerprint density at radius 1 is 1.11 bits per heavy atom. The molecule has 0 fully saturated rings. The van der Waals surface area contributed by atoms with E-state index in [9.17, 15) is 0 Å². The van der Waals surface area contributed by atoms with Crippen molar-refractivity contribution in [3.8, 4) is 22.4 Å². The molecule has 0 aliphatic carbocycles. The quantitative estimate of drug-likeness (QED) is 0.530. The molecule has 2 N–H and O–H groups in total. The van der Waals surface area contributed by atoms with Gasteiger partial charge in [-0.05, 0) is 29.3 Å². The van der Waals surface area contributed by atoms with Gasteiger partial charge in [0, 0.05) is 31.4 Å². The lowest BCUT2D eigenvalue weighted by atomic mass is 9.97. The minimum atomic E-state index is 0.573. The number of hydrogen-bond acceptors (Lipinski definition) is 6. The van der Waals surface area contributed by atoms with E-state index in [1.165, 1.54) is 0 Å². The van der Waals surface area contributed by atoms with Crippen LogP contribution in [-0.2, 0) is 6.54 Å². The van der Waals surface area contributed by atoms with Crippen LogP contribution >= 0.6 is 0 Å². The fourth-order valence-corrected chi connectivity index (χ4v) is 3.14. The molecule has 1 aliphatic rings. The van der Waals surface area contributed by atoms with Crippen LogP contribution < -0.4 is 10.3 Å². The van der Waals surface area contributed by atoms with Gasteiger partial charge >= 0.3 is 0 Å². The Balaban J connectivity index is 1.83. The van der Waals surface area contributed by atoms with E-state index < -0.39 is 0 Å². The van der Waals surface area contributed by atoms with Gasteiger partial charge in [-0.2, -0.15) is 0 Å². The number of benzene rings is 1. The van der Waals surface area contributed by atoms with Gasteiger partial charge in [0.25, 0.3) is 0 Å². The van der Waals surface area contributed by atoms with Crippen molar-refractivity contribution in [2.45, 2.75) is 6.54 Å². The molecule has 1 aromatic carbocycles. The third-order valence-corrected chi connectivity index (χ3v) is 4.57. The van der Waals surface area contributed by atoms with E-state index in [0.29, 0.717) is 12.4 Å². The number of aromatic nitrogens is 2. The lowest BCUT2D eigenvalue weighted by Gasteiger charge is -2.25. The summed E-state index contributed by atoms with van der Waals surface area (Å²) in [6, 6.07) is 16.3. The average molecular weight is 371 g/mol. The molecular formula is C21H21N7. The molecule has 28 heavy (non-hydrogen) atoms. The number of aliphatic imine (C=N–C) groups is 1. The first-order valence-electron chi connectivity index (χ1n) is 8.95. The highest BCUT2D eigenvalue weighted by molar-refractivity contribution is 5.80. The Bertz CT molecular complexity index is 1010. The first-order chi connectivity index (χ1) is 13.7. The summed E-state index contributed by atoms with van der Waals surface area (Å²) in [4.78, 5) is 15.8. The molecule has 0 saturated heterocycles. The zero-order chi connectivity index (χ0) is 19.5. The van der Waals surface area contributed by atoms with Gasteiger partial charge in [-0.15, -0.1) is 0 Å². The zero-order valence-corrected chi connectivity index (χ0v) is 15.8. The molecule has 7 nitrogen and oxygen atoms in total. The highest BCUT2D eigenvalue weighted by Crippen LogP contribution is 2.35. The molecule has 1 aliphatic heterocycles. The predicted molar refractivity (Wildman–Crippen MR) is 113 cm³/mol. The summed E-state index contributed by atoms with van der Waals surface area (Å²) in [6.45, 7) is 0.573. The van der Waals surface area contributed by atoms with Crippen molar-refractivity contribution in [3.05, 3.63) is 60.3 Å². The number of anilines is 1. The van der Waals surface area contributed by atoms with E-state index in [4.69, 9.17) is 10.4 Å². The molecule has 7 heteroatoms. The summed E-state index contributed by atoms with van der Waals surface area (Å²) in [5, 5.41) is 9.03. The van der Waals surface area contributed by atoms with Gasteiger partial charge in [0.15, 0.2) is 5.82 Å². The van der Waals surface area contributed by atoms with Crippen LogP contribution in [-0.4, -0.2) is 41.7 Å². The van der Waals surface area contributed by atoms with Crippen molar-refractivity contribution >= 4 is 24.3 Å². The first kappa shape index (κ1) is 17.7. The second-order valence-electron chi connectivity index (χ2n) is 6.67. The summed E-state index contributed by atoms with van der Waals surface area (Å²) in [5.41, 5.74) is 7.83. The molecule has 2 aromatic heterocycles. The number of hydrogen-bond donors (Lipinski definition) is 2. The zero-order valence-electron chi connectivity index (χ0n) is 15.8. The Kier molecular flexibility index (Phi) is 4.72. The maximum atomic E-state index is 7.27. The lowest BCUT2D eigenvalue weighted by Crippen LogP contribution is -2.36. The Morgan fingerprint density at radius 2 is 1.93 bits per heavy atom. The second-order valence-corrected chi connectivity index (χ2v) is 6.67. The van der Waals surface area contributed by atoms with Crippen LogP contribution in [0.2, 0.25) is 0 Å². The topological polar surface area (TPSA) is 80.5 Å². The van der Waals surface area contributed by atoms with Crippen molar-refractivity contribution in [2.24, 2.45) is 4.99 Å². The molecule has 0 spiro atoms. The first-order valence-corrected chi connectivity index (χ1v) is 8.95. The van der Waals surface area contributed by atoms with Gasteiger partial charge in [0.1, 0.15) is 12.2 Å². The van der Waals surface area contributed by atoms with Gasteiger partial charge in [-0.25, -0.2) is 15.0 Å². The molecule has 4 rings (SSSR count). The van der Waals surface area contributed by atoms with E-state index in [2.05, 4.69) is 33.6 Å². The summed E-state index contributed by atoms with van der Waals surface area (Å²) < 4.78 is 0. The predicted octanol–water partition coefficient (Wildman–Crippen LogP) is 3.46. The van der Waals surface area contributed by atoms with E-state index in [1.807, 2.05) is 55.5 Å². The highest BCUT2D eigenvalue weighted by Gasteiger charge is 2.20. The third kappa shape index (κ3) is 3.42. The SMILES string of the molecule is CN(C)c1ccc(-c2cc(-c3ccccc3)c3c(n2)N=CN(NC=N)C3)cn1. The Labute approximate surface area is 163 Å². The minimum absolute atomic E-state index is 0.573. The van der Waals surface area contributed by atoms with Crippen molar-refractivity contribution in [1.29, 1.82) is 5.41 Å². The molecule has 3 aromatic rings. The normalized spacial score (nSPS) is 12.4. The Morgan fingerprint density at radius 3 is 2.61 bits per heavy atom. The fourth-order valence-electron chi connectivity index (χ4n) is 3.14. The van der Waals surface area contributed by atoms with Crippen LogP contribution in [0, 0.1) is 5.41 Å². The fraction of sp³-hybridized carbons (Fsp3) is 0.143. The third-order valence-electron chi connectivity index (χ3n) is 4.57. The molecular weight excluding hydrogens is 350 g/mol. The van der Waals surface area contributed by atoms with Crippen LogP contribution in [0.25, 0.3) is 22.4 Å². The number of rotatable bonds is 5. The van der Waals surface area contributed by atoms with Gasteiger partial charge in [0.2, 0.25) is 0 Å². The van der Waals surface area contributed by atoms with Gasteiger partial charge in [0.05, 0.1) is 18.6 Å². The molecule has 0 unspecified atom stereocenters. The molecule has 0 atom stereocenters. The second kappa shape index (κ2) is 7.48. The van der Waals surface area contributed by atoms with Crippen LogP contribution in [0.3, 0.4) is 0 Å². The maximum Gasteiger partial charge on any atom is 0.159 e. The van der Waals surface area contributed by atoms with Gasteiger partial charge < -0.3 is 4.90 Å². The molecule has 0 radical (unpaired) electrons. The van der Waals surface area contributed by atoms with Crippen LogP contribution in [0.5, 0.6) is 0 Å². The van der Waals surface area contributed by atoms with E-state index in [1.54, 1.807) is 11.3 Å². The van der Waals surface area contributed by atoms with Gasteiger partial charge in [-0.1, -0.05) is 30.3 Å². The van der Waals surface area contributed by atoms with E-state index in [-0.39, 0.29) is 0 Å². The molecule has 0 amide bonds. The van der Waals surface area contributed by atoms with Gasteiger partial charge in [-0.3, -0.25) is 15.8 Å². The average Bonchev–Trinajstić information content (AvgIpc) is 2.74. The highest BCUT2D eigenvalue weighted by atomic mass is 15.5. The summed E-state index contributed by atoms with van der Waals surface area (Å²) in [6.07, 6.45) is 4.64. The van der Waals surface area contributed by atoms with Crippen molar-refractivity contribution in [2.75, 3.05) is 19.0 Å². The van der Waals surface area contributed by atoms with Crippen molar-refractivity contribution in [1.82, 2.24) is 20.4 Å². The van der Waals surface area contributed by atoms with E-state index in [0.717, 1.165) is 40.1 Å². The van der Waals surface area contributed by atoms with Crippen LogP contribution in [0.15, 0.2) is 59.7 Å². The summed E-state index contributed by atoms with van der Waals surface area (Å²) in [5.74, 6) is 1.59. The number of hydrazine groups is 1. The Hall–Kier alpha value is -3.74. The summed E-state index contributed by atoms with van der Waals surface area (Å²) >= 11 is 0. The van der Waals surface area contributed by atoms with E-state index >= 15 is 0 Å². The number of nitrogens with zero attached hydrogens (tertiary/aromatic N) is 5. The number of fused-ring (bicyclic) bond motifs is 1. The maximum absolute atomic E-state index is 7.27. The number of pyridine rings is 2. The molecule has 0 saturated carbocycles. The molecule has 3 heterocycles. The van der Waals surface area contributed by atoms with Crippen LogP contribution in [0.4, 0.5) is 11.6 Å². The minimum Gasteiger partial charge on any atom is -0.363 e. The molecule has 140 valence electrons. The molecule has 0 bridgehead atoms. The van der Waals surface area contributed by atoms with Crippen LogP contribution in [0.1, 0.15) is 5.56 Å². The number of nitrogens with one attached hydrogen (secondary N) is 2. The van der Waals surface area contributed by atoms with Crippen molar-refractivity contribution in [3.63, 3.8) is 0 Å². The largest absolute Gasteiger partial charge is 0.363 e. The monoisotopic (exact) mass is 371 g/mol. The smallest absolute Gasteiger partial charge is 0.159 e. The summed E-state index contributed by atoms with van der Waals surface area (Å²) in [7, 11) is 3.94. The lowest BCUT2D eigenvalue weighted by molar-refractivity contribution is 0.380.